The van der Waals surface area contributed by atoms with Crippen LogP contribution in [0.4, 0.5) is 0 Å². The fraction of sp³-hybridized carbons (Fsp3) is 0.0909. The number of benzene rings is 1. The zero-order chi connectivity index (χ0) is 14.7. The number of thioether (sulfide) groups is 1. The average molecular weight is 322 g/mol. The van der Waals surface area contributed by atoms with E-state index in [1.807, 2.05) is 0 Å². The zero-order valence-electron chi connectivity index (χ0n) is 10.5. The molecule has 0 saturated carbocycles. The Kier molecular flexibility index (Phi) is 3.93. The summed E-state index contributed by atoms with van der Waals surface area (Å²) in [7, 11) is 0. The van der Waals surface area contributed by atoms with E-state index in [-0.39, 0.29) is 5.91 Å². The molecule has 2 aromatic rings. The molecule has 1 saturated heterocycles. The quantitative estimate of drug-likeness (QED) is 0.668. The number of nitrogens with one attached hydrogen (secondary N) is 1. The van der Waals surface area contributed by atoms with E-state index in [9.17, 15) is 4.79 Å². The molecule has 10 heteroatoms. The van der Waals surface area contributed by atoms with Crippen molar-refractivity contribution in [3.8, 4) is 5.69 Å². The smallest absolute Gasteiger partial charge is 0.236 e. The molecule has 1 amide bonds. The second kappa shape index (κ2) is 6.02. The maximum absolute atomic E-state index is 11.0. The number of hydrogen-bond acceptors (Lipinski definition) is 7. The van der Waals surface area contributed by atoms with E-state index in [1.165, 1.54) is 29.0 Å². The first-order valence-corrected chi connectivity index (χ1v) is 7.15. The second-order valence-electron chi connectivity index (χ2n) is 3.94. The predicted molar refractivity (Wildman–Crippen MR) is 79.8 cm³/mol. The molecule has 21 heavy (non-hydrogen) atoms. The highest BCUT2D eigenvalue weighted by molar-refractivity contribution is 8.15. The number of aromatic nitrogens is 4. The van der Waals surface area contributed by atoms with Crippen LogP contribution >= 0.6 is 23.4 Å². The summed E-state index contributed by atoms with van der Waals surface area (Å²) in [6.07, 6.45) is 3.00. The summed E-state index contributed by atoms with van der Waals surface area (Å²) in [5, 5.41) is 22.5. The van der Waals surface area contributed by atoms with E-state index in [0.29, 0.717) is 21.5 Å². The van der Waals surface area contributed by atoms with Crippen LogP contribution in [0, 0.1) is 0 Å². The van der Waals surface area contributed by atoms with Gasteiger partial charge in [0, 0.05) is 10.6 Å². The molecule has 1 fully saturated rings. The van der Waals surface area contributed by atoms with Gasteiger partial charge in [-0.3, -0.25) is 4.79 Å². The van der Waals surface area contributed by atoms with E-state index in [1.54, 1.807) is 18.2 Å². The number of halogens is 1. The zero-order valence-corrected chi connectivity index (χ0v) is 12.0. The minimum Gasteiger partial charge on any atom is -0.303 e. The molecule has 1 N–H and O–H groups in total. The van der Waals surface area contributed by atoms with Gasteiger partial charge < -0.3 is 5.32 Å². The Morgan fingerprint density at radius 2 is 2.38 bits per heavy atom. The number of nitrogens with zero attached hydrogens (tertiary/aromatic N) is 6. The summed E-state index contributed by atoms with van der Waals surface area (Å²) in [4.78, 5) is 11.0. The monoisotopic (exact) mass is 321 g/mol. The van der Waals surface area contributed by atoms with Gasteiger partial charge in [0.25, 0.3) is 0 Å². The molecule has 0 atom stereocenters. The first-order valence-electron chi connectivity index (χ1n) is 5.79. The second-order valence-corrected chi connectivity index (χ2v) is 5.34. The lowest BCUT2D eigenvalue weighted by molar-refractivity contribution is -0.116. The molecule has 3 rings (SSSR count). The van der Waals surface area contributed by atoms with Gasteiger partial charge in [-0.2, -0.15) is 9.78 Å². The van der Waals surface area contributed by atoms with Crippen LogP contribution in [0.5, 0.6) is 0 Å². The Morgan fingerprint density at radius 1 is 1.48 bits per heavy atom. The van der Waals surface area contributed by atoms with Gasteiger partial charge in [0.2, 0.25) is 5.91 Å². The molecular weight excluding hydrogens is 314 g/mol. The summed E-state index contributed by atoms with van der Waals surface area (Å²) in [6, 6.07) is 5.23. The van der Waals surface area contributed by atoms with Gasteiger partial charge in [-0.1, -0.05) is 23.4 Å². The number of tetrazole rings is 1. The minimum atomic E-state index is -0.0777. The molecule has 0 radical (unpaired) electrons. The molecular formula is C11H8ClN7OS. The number of amidine groups is 1. The van der Waals surface area contributed by atoms with Crippen LogP contribution in [-0.4, -0.2) is 43.2 Å². The van der Waals surface area contributed by atoms with Crippen LogP contribution in [0.2, 0.25) is 5.02 Å². The van der Waals surface area contributed by atoms with Gasteiger partial charge in [-0.25, -0.2) is 0 Å². The maximum atomic E-state index is 11.0. The third-order valence-electron chi connectivity index (χ3n) is 2.52. The number of amides is 1. The topological polar surface area (TPSA) is 97.4 Å². The van der Waals surface area contributed by atoms with Gasteiger partial charge in [0.05, 0.1) is 17.7 Å². The van der Waals surface area contributed by atoms with E-state index in [2.05, 4.69) is 31.0 Å². The SMILES string of the molecule is O=C1CSC(=NN=Cc2cc(Cl)ccc2-n2cnnn2)N1. The number of carbonyl (C=O) groups excluding carboxylic acids is 1. The average Bonchev–Trinajstić information content (AvgIpc) is 3.11. The van der Waals surface area contributed by atoms with Crippen molar-refractivity contribution < 1.29 is 4.79 Å². The lowest BCUT2D eigenvalue weighted by atomic mass is 10.2. The Balaban J connectivity index is 1.88. The molecule has 0 unspecified atom stereocenters. The lowest BCUT2D eigenvalue weighted by Gasteiger charge is -2.04. The molecule has 0 spiro atoms. The van der Waals surface area contributed by atoms with Gasteiger partial charge >= 0.3 is 0 Å². The third kappa shape index (κ3) is 3.26. The normalized spacial score (nSPS) is 16.8. The summed E-state index contributed by atoms with van der Waals surface area (Å²) >= 11 is 7.29. The van der Waals surface area contributed by atoms with Crippen molar-refractivity contribution in [1.82, 2.24) is 25.5 Å². The van der Waals surface area contributed by atoms with E-state index in [4.69, 9.17) is 11.6 Å². The van der Waals surface area contributed by atoms with Gasteiger partial charge in [0.15, 0.2) is 5.17 Å². The molecule has 1 aromatic carbocycles. The van der Waals surface area contributed by atoms with Crippen LogP contribution in [0.1, 0.15) is 5.56 Å². The van der Waals surface area contributed by atoms with Crippen LogP contribution in [0.25, 0.3) is 5.69 Å². The van der Waals surface area contributed by atoms with Crippen molar-refractivity contribution in [3.05, 3.63) is 35.1 Å². The van der Waals surface area contributed by atoms with Crippen molar-refractivity contribution in [2.75, 3.05) is 5.75 Å². The highest BCUT2D eigenvalue weighted by atomic mass is 35.5. The molecule has 0 bridgehead atoms. The van der Waals surface area contributed by atoms with Crippen LogP contribution in [0.3, 0.4) is 0 Å². The van der Waals surface area contributed by atoms with Gasteiger partial charge in [0.1, 0.15) is 6.33 Å². The summed E-state index contributed by atoms with van der Waals surface area (Å²) < 4.78 is 1.50. The Morgan fingerprint density at radius 3 is 3.10 bits per heavy atom. The highest BCUT2D eigenvalue weighted by Gasteiger charge is 2.16. The summed E-state index contributed by atoms with van der Waals surface area (Å²) in [5.41, 5.74) is 1.42. The Labute approximate surface area is 128 Å². The fourth-order valence-electron chi connectivity index (χ4n) is 1.63. The molecule has 1 aliphatic heterocycles. The molecule has 106 valence electrons. The number of carbonyl (C=O) groups is 1. The van der Waals surface area contributed by atoms with Crippen molar-refractivity contribution in [1.29, 1.82) is 0 Å². The van der Waals surface area contributed by atoms with E-state index < -0.39 is 0 Å². The first-order chi connectivity index (χ1) is 10.2. The number of hydrogen-bond donors (Lipinski definition) is 1. The molecule has 1 aromatic heterocycles. The largest absolute Gasteiger partial charge is 0.303 e. The Hall–Kier alpha value is -2.26. The lowest BCUT2D eigenvalue weighted by Crippen LogP contribution is -2.19. The van der Waals surface area contributed by atoms with Crippen molar-refractivity contribution in [2.24, 2.45) is 10.2 Å². The predicted octanol–water partition coefficient (Wildman–Crippen LogP) is 0.869. The standard InChI is InChI=1S/C11H8ClN7OS/c12-8-1-2-9(19-6-14-17-18-19)7(3-8)4-13-16-11-15-10(20)5-21-11/h1-4,6H,5H2,(H,15,16,20). The first kappa shape index (κ1) is 13.7. The van der Waals surface area contributed by atoms with Crippen molar-refractivity contribution in [3.63, 3.8) is 0 Å². The number of rotatable bonds is 3. The maximum Gasteiger partial charge on any atom is 0.236 e. The molecule has 1 aliphatic rings. The summed E-state index contributed by atoms with van der Waals surface area (Å²) in [5.74, 6) is 0.285. The Bertz CT molecular complexity index is 728. The van der Waals surface area contributed by atoms with Crippen LogP contribution < -0.4 is 5.32 Å². The van der Waals surface area contributed by atoms with Crippen LogP contribution in [-0.2, 0) is 4.79 Å². The van der Waals surface area contributed by atoms with E-state index >= 15 is 0 Å². The molecule has 8 nitrogen and oxygen atoms in total. The fourth-order valence-corrected chi connectivity index (χ4v) is 2.44. The molecule has 0 aliphatic carbocycles. The summed E-state index contributed by atoms with van der Waals surface area (Å²) in [6.45, 7) is 0. The molecule has 2 heterocycles. The third-order valence-corrected chi connectivity index (χ3v) is 3.62. The van der Waals surface area contributed by atoms with Gasteiger partial charge in [-0.05, 0) is 28.6 Å². The van der Waals surface area contributed by atoms with E-state index in [0.717, 1.165) is 5.69 Å². The van der Waals surface area contributed by atoms with Gasteiger partial charge in [-0.15, -0.1) is 10.2 Å². The van der Waals surface area contributed by atoms with Crippen molar-refractivity contribution >= 4 is 40.7 Å². The highest BCUT2D eigenvalue weighted by Crippen LogP contribution is 2.17. The minimum absolute atomic E-state index is 0.0777. The van der Waals surface area contributed by atoms with Crippen molar-refractivity contribution in [2.45, 2.75) is 0 Å². The van der Waals surface area contributed by atoms with Crippen LogP contribution in [0.15, 0.2) is 34.7 Å².